The highest BCUT2D eigenvalue weighted by Gasteiger charge is 2.29. The molecule has 1 atom stereocenters. The van der Waals surface area contributed by atoms with Gasteiger partial charge in [-0.2, -0.15) is 0 Å². The largest absolute Gasteiger partial charge is 0.359 e. The molecule has 2 heterocycles. The van der Waals surface area contributed by atoms with Gasteiger partial charge in [-0.3, -0.25) is 4.90 Å². The van der Waals surface area contributed by atoms with Crippen LogP contribution in [0.25, 0.3) is 0 Å². The minimum Gasteiger partial charge on any atom is -0.359 e. The first kappa shape index (κ1) is 14.7. The van der Waals surface area contributed by atoms with Gasteiger partial charge in [0.25, 0.3) is 0 Å². The van der Waals surface area contributed by atoms with Gasteiger partial charge in [0.05, 0.1) is 11.7 Å². The minimum atomic E-state index is 0.387. The van der Waals surface area contributed by atoms with Crippen LogP contribution in [0.4, 0.5) is 0 Å². The van der Waals surface area contributed by atoms with Crippen molar-refractivity contribution in [3.63, 3.8) is 0 Å². The van der Waals surface area contributed by atoms with Crippen molar-refractivity contribution in [3.8, 4) is 0 Å². The highest BCUT2D eigenvalue weighted by atomic mass is 32.2. The number of rotatable bonds is 5. The van der Waals surface area contributed by atoms with Crippen molar-refractivity contribution in [1.29, 1.82) is 0 Å². The fraction of sp³-hybridized carbons (Fsp3) is 0.471. The lowest BCUT2D eigenvalue weighted by molar-refractivity contribution is 0.206. The third-order valence-electron chi connectivity index (χ3n) is 4.18. The van der Waals surface area contributed by atoms with E-state index in [4.69, 9.17) is 4.52 Å². The van der Waals surface area contributed by atoms with Crippen molar-refractivity contribution in [1.82, 2.24) is 10.1 Å². The summed E-state index contributed by atoms with van der Waals surface area (Å²) < 4.78 is 5.55. The average Bonchev–Trinajstić information content (AvgIpc) is 3.16. The molecule has 1 saturated heterocycles. The SMILES string of the molecule is CCc1cc([C@H]2CCCN2Cc2ccc(SC)cc2)on1. The summed E-state index contributed by atoms with van der Waals surface area (Å²) in [5.74, 6) is 1.03. The molecule has 1 aliphatic rings. The lowest BCUT2D eigenvalue weighted by atomic mass is 10.1. The zero-order valence-electron chi connectivity index (χ0n) is 12.7. The molecule has 0 aliphatic carbocycles. The summed E-state index contributed by atoms with van der Waals surface area (Å²) in [5, 5.41) is 4.14. The van der Waals surface area contributed by atoms with Gasteiger partial charge in [-0.1, -0.05) is 24.2 Å². The van der Waals surface area contributed by atoms with Crippen molar-refractivity contribution < 1.29 is 4.52 Å². The van der Waals surface area contributed by atoms with Crippen LogP contribution in [0.1, 0.15) is 42.8 Å². The van der Waals surface area contributed by atoms with Crippen molar-refractivity contribution >= 4 is 11.8 Å². The van der Waals surface area contributed by atoms with Crippen molar-refractivity contribution in [2.24, 2.45) is 0 Å². The molecule has 1 aromatic heterocycles. The number of thioether (sulfide) groups is 1. The summed E-state index contributed by atoms with van der Waals surface area (Å²) in [7, 11) is 0. The Morgan fingerprint density at radius 3 is 2.81 bits per heavy atom. The summed E-state index contributed by atoms with van der Waals surface area (Å²) in [6.07, 6.45) is 5.45. The van der Waals surface area contributed by atoms with E-state index in [0.29, 0.717) is 6.04 Å². The molecule has 0 spiro atoms. The van der Waals surface area contributed by atoms with Crippen LogP contribution >= 0.6 is 11.8 Å². The molecular weight excluding hydrogens is 280 g/mol. The molecule has 2 aromatic rings. The van der Waals surface area contributed by atoms with Gasteiger partial charge in [0.2, 0.25) is 0 Å². The van der Waals surface area contributed by atoms with E-state index in [0.717, 1.165) is 31.0 Å². The van der Waals surface area contributed by atoms with Gasteiger partial charge in [0, 0.05) is 17.5 Å². The summed E-state index contributed by atoms with van der Waals surface area (Å²) in [4.78, 5) is 3.83. The van der Waals surface area contributed by atoms with E-state index in [1.165, 1.54) is 23.3 Å². The van der Waals surface area contributed by atoms with E-state index < -0.39 is 0 Å². The number of likely N-dealkylation sites (tertiary alicyclic amines) is 1. The summed E-state index contributed by atoms with van der Waals surface area (Å²) in [6, 6.07) is 11.4. The Balaban J connectivity index is 1.71. The highest BCUT2D eigenvalue weighted by Crippen LogP contribution is 2.33. The van der Waals surface area contributed by atoms with E-state index in [9.17, 15) is 0 Å². The minimum absolute atomic E-state index is 0.387. The molecule has 3 nitrogen and oxygen atoms in total. The third kappa shape index (κ3) is 3.33. The molecule has 1 aromatic carbocycles. The quantitative estimate of drug-likeness (QED) is 0.770. The Hall–Kier alpha value is -1.26. The fourth-order valence-corrected chi connectivity index (χ4v) is 3.36. The molecule has 0 N–H and O–H groups in total. The Kier molecular flexibility index (Phi) is 4.66. The summed E-state index contributed by atoms with van der Waals surface area (Å²) >= 11 is 1.79. The van der Waals surface area contributed by atoms with Crippen LogP contribution in [0, 0.1) is 0 Å². The highest BCUT2D eigenvalue weighted by molar-refractivity contribution is 7.98. The number of benzene rings is 1. The molecule has 1 fully saturated rings. The first-order chi connectivity index (χ1) is 10.3. The van der Waals surface area contributed by atoms with Crippen LogP contribution in [0.3, 0.4) is 0 Å². The van der Waals surface area contributed by atoms with Crippen LogP contribution in [-0.4, -0.2) is 22.9 Å². The van der Waals surface area contributed by atoms with Gasteiger partial charge in [-0.25, -0.2) is 0 Å². The molecule has 0 saturated carbocycles. The normalized spacial score (nSPS) is 19.2. The smallest absolute Gasteiger partial charge is 0.154 e. The van der Waals surface area contributed by atoms with Crippen molar-refractivity contribution in [2.45, 2.75) is 43.7 Å². The predicted octanol–water partition coefficient (Wildman–Crippen LogP) is 4.30. The first-order valence-electron chi connectivity index (χ1n) is 7.62. The molecule has 4 heteroatoms. The van der Waals surface area contributed by atoms with Crippen LogP contribution in [0.2, 0.25) is 0 Å². The molecule has 0 unspecified atom stereocenters. The molecular formula is C17H22N2OS. The van der Waals surface area contributed by atoms with E-state index in [2.05, 4.69) is 53.6 Å². The molecule has 0 bridgehead atoms. The second kappa shape index (κ2) is 6.67. The predicted molar refractivity (Wildman–Crippen MR) is 86.5 cm³/mol. The standard InChI is InChI=1S/C17H22N2OS/c1-3-14-11-17(20-18-14)16-5-4-10-19(16)12-13-6-8-15(21-2)9-7-13/h6-9,11,16H,3-5,10,12H2,1-2H3/t16-/m1/s1. The molecule has 1 aliphatic heterocycles. The molecule has 0 amide bonds. The number of aromatic nitrogens is 1. The first-order valence-corrected chi connectivity index (χ1v) is 8.85. The van der Waals surface area contributed by atoms with Crippen LogP contribution in [-0.2, 0) is 13.0 Å². The van der Waals surface area contributed by atoms with Gasteiger partial charge >= 0.3 is 0 Å². The van der Waals surface area contributed by atoms with Crippen LogP contribution < -0.4 is 0 Å². The molecule has 0 radical (unpaired) electrons. The van der Waals surface area contributed by atoms with Gasteiger partial charge in [-0.15, -0.1) is 11.8 Å². The van der Waals surface area contributed by atoms with Gasteiger partial charge in [0.15, 0.2) is 5.76 Å². The maximum Gasteiger partial charge on any atom is 0.154 e. The van der Waals surface area contributed by atoms with Gasteiger partial charge in [-0.05, 0) is 49.8 Å². The van der Waals surface area contributed by atoms with Crippen LogP contribution in [0.5, 0.6) is 0 Å². The zero-order chi connectivity index (χ0) is 14.7. The lowest BCUT2D eigenvalue weighted by Gasteiger charge is -2.22. The number of nitrogens with zero attached hydrogens (tertiary/aromatic N) is 2. The monoisotopic (exact) mass is 302 g/mol. The van der Waals surface area contributed by atoms with Crippen molar-refractivity contribution in [3.05, 3.63) is 47.3 Å². The third-order valence-corrected chi connectivity index (χ3v) is 4.92. The fourth-order valence-electron chi connectivity index (χ4n) is 2.95. The second-order valence-corrected chi connectivity index (χ2v) is 6.43. The number of aryl methyl sites for hydroxylation is 1. The van der Waals surface area contributed by atoms with Gasteiger partial charge in [0.1, 0.15) is 0 Å². The Morgan fingerprint density at radius 1 is 1.33 bits per heavy atom. The number of hydrogen-bond acceptors (Lipinski definition) is 4. The molecule has 21 heavy (non-hydrogen) atoms. The summed E-state index contributed by atoms with van der Waals surface area (Å²) in [5.41, 5.74) is 2.43. The zero-order valence-corrected chi connectivity index (χ0v) is 13.5. The Morgan fingerprint density at radius 2 is 2.14 bits per heavy atom. The van der Waals surface area contributed by atoms with E-state index in [-0.39, 0.29) is 0 Å². The Bertz CT molecular complexity index is 579. The lowest BCUT2D eigenvalue weighted by Crippen LogP contribution is -2.22. The van der Waals surface area contributed by atoms with E-state index >= 15 is 0 Å². The van der Waals surface area contributed by atoms with Crippen LogP contribution in [0.15, 0.2) is 39.8 Å². The van der Waals surface area contributed by atoms with Gasteiger partial charge < -0.3 is 4.52 Å². The van der Waals surface area contributed by atoms with Crippen molar-refractivity contribution in [2.75, 3.05) is 12.8 Å². The summed E-state index contributed by atoms with van der Waals surface area (Å²) in [6.45, 7) is 4.24. The second-order valence-electron chi connectivity index (χ2n) is 5.55. The molecule has 3 rings (SSSR count). The topological polar surface area (TPSA) is 29.3 Å². The maximum absolute atomic E-state index is 5.55. The maximum atomic E-state index is 5.55. The Labute approximate surface area is 130 Å². The van der Waals surface area contributed by atoms with E-state index in [1.54, 1.807) is 11.8 Å². The average molecular weight is 302 g/mol. The van der Waals surface area contributed by atoms with E-state index in [1.807, 2.05) is 0 Å². The number of hydrogen-bond donors (Lipinski definition) is 0. The molecule has 112 valence electrons.